The average molecular weight is 424 g/mol. The molecule has 6 nitrogen and oxygen atoms in total. The van der Waals surface area contributed by atoms with Crippen LogP contribution in [0.25, 0.3) is 5.76 Å². The number of rotatable bonds is 9. The second kappa shape index (κ2) is 10.2. The van der Waals surface area contributed by atoms with E-state index in [-0.39, 0.29) is 11.3 Å². The number of hydrogen-bond acceptors (Lipinski definition) is 5. The van der Waals surface area contributed by atoms with Crippen LogP contribution in [-0.2, 0) is 9.59 Å². The number of carbonyl (C=O) groups is 2. The fourth-order valence-corrected chi connectivity index (χ4v) is 3.83. The van der Waals surface area contributed by atoms with Crippen molar-refractivity contribution in [1.29, 1.82) is 0 Å². The summed E-state index contributed by atoms with van der Waals surface area (Å²) < 4.78 is 10.8. The van der Waals surface area contributed by atoms with Crippen molar-refractivity contribution in [3.63, 3.8) is 0 Å². The van der Waals surface area contributed by atoms with E-state index in [1.165, 1.54) is 7.11 Å². The van der Waals surface area contributed by atoms with Crippen LogP contribution in [0.15, 0.2) is 54.1 Å². The van der Waals surface area contributed by atoms with E-state index in [9.17, 15) is 14.7 Å². The van der Waals surface area contributed by atoms with Gasteiger partial charge in [-0.05, 0) is 43.2 Å². The minimum atomic E-state index is -0.671. The maximum Gasteiger partial charge on any atom is 0.295 e. The lowest BCUT2D eigenvalue weighted by molar-refractivity contribution is -0.139. The van der Waals surface area contributed by atoms with Gasteiger partial charge in [0, 0.05) is 12.1 Å². The van der Waals surface area contributed by atoms with Crippen LogP contribution >= 0.6 is 0 Å². The molecule has 1 atom stereocenters. The molecule has 6 heteroatoms. The molecule has 0 saturated carbocycles. The normalized spacial score (nSPS) is 17.8. The van der Waals surface area contributed by atoms with Crippen molar-refractivity contribution in [3.05, 3.63) is 65.2 Å². The Morgan fingerprint density at radius 3 is 2.42 bits per heavy atom. The highest BCUT2D eigenvalue weighted by atomic mass is 16.5. The number of aliphatic hydroxyl groups is 1. The standard InChI is InChI=1S/C25H29NO5/c1-4-6-7-15-26-22(17-11-13-19(14-12-17)31-5-2)21(24(28)25(26)29)23(27)18-9-8-10-20(16-18)30-3/h8-14,16,22,27H,4-7,15H2,1-3H3/b23-21-. The first kappa shape index (κ1) is 22.4. The Kier molecular flexibility index (Phi) is 7.34. The first-order chi connectivity index (χ1) is 15.0. The number of amides is 1. The van der Waals surface area contributed by atoms with E-state index in [2.05, 4.69) is 6.92 Å². The summed E-state index contributed by atoms with van der Waals surface area (Å²) in [5.74, 6) is -0.190. The Bertz CT molecular complexity index is 964. The number of unbranched alkanes of at least 4 members (excludes halogenated alkanes) is 2. The van der Waals surface area contributed by atoms with Gasteiger partial charge in [-0.3, -0.25) is 9.59 Å². The summed E-state index contributed by atoms with van der Waals surface area (Å²) in [6.45, 7) is 4.99. The number of Topliss-reactive ketones (excluding diaryl/α,β-unsaturated/α-hetero) is 1. The quantitative estimate of drug-likeness (QED) is 0.274. The fraction of sp³-hybridized carbons (Fsp3) is 0.360. The zero-order chi connectivity index (χ0) is 22.4. The van der Waals surface area contributed by atoms with Crippen LogP contribution in [0.2, 0.25) is 0 Å². The molecule has 1 saturated heterocycles. The topological polar surface area (TPSA) is 76.1 Å². The number of hydrogen-bond donors (Lipinski definition) is 1. The van der Waals surface area contributed by atoms with Gasteiger partial charge in [0.05, 0.1) is 25.3 Å². The van der Waals surface area contributed by atoms with Gasteiger partial charge in [0.1, 0.15) is 17.3 Å². The molecule has 2 aromatic carbocycles. The fourth-order valence-electron chi connectivity index (χ4n) is 3.83. The summed E-state index contributed by atoms with van der Waals surface area (Å²) in [6, 6.07) is 13.5. The molecule has 0 aromatic heterocycles. The number of carbonyl (C=O) groups excluding carboxylic acids is 2. The molecular formula is C25H29NO5. The van der Waals surface area contributed by atoms with Crippen LogP contribution in [0.3, 0.4) is 0 Å². The molecule has 1 unspecified atom stereocenters. The van der Waals surface area contributed by atoms with Crippen molar-refractivity contribution in [2.24, 2.45) is 0 Å². The molecule has 3 rings (SSSR count). The van der Waals surface area contributed by atoms with Gasteiger partial charge >= 0.3 is 0 Å². The van der Waals surface area contributed by atoms with Gasteiger partial charge in [0.2, 0.25) is 0 Å². The molecule has 31 heavy (non-hydrogen) atoms. The lowest BCUT2D eigenvalue weighted by Gasteiger charge is -2.25. The number of ketones is 1. The smallest absolute Gasteiger partial charge is 0.295 e. The number of ether oxygens (including phenoxy) is 2. The third-order valence-corrected chi connectivity index (χ3v) is 5.39. The molecule has 1 fully saturated rings. The summed E-state index contributed by atoms with van der Waals surface area (Å²) >= 11 is 0. The van der Waals surface area contributed by atoms with Gasteiger partial charge < -0.3 is 19.5 Å². The highest BCUT2D eigenvalue weighted by Crippen LogP contribution is 2.40. The van der Waals surface area contributed by atoms with Crippen LogP contribution in [-0.4, -0.2) is 42.0 Å². The third-order valence-electron chi connectivity index (χ3n) is 5.39. The van der Waals surface area contributed by atoms with Crippen molar-refractivity contribution >= 4 is 17.4 Å². The Hall–Kier alpha value is -3.28. The number of nitrogens with zero attached hydrogens (tertiary/aromatic N) is 1. The summed E-state index contributed by atoms with van der Waals surface area (Å²) in [5, 5.41) is 11.1. The number of benzene rings is 2. The van der Waals surface area contributed by atoms with Gasteiger partial charge in [0.25, 0.3) is 11.7 Å². The summed E-state index contributed by atoms with van der Waals surface area (Å²) in [4.78, 5) is 27.5. The van der Waals surface area contributed by atoms with E-state index in [1.807, 2.05) is 31.2 Å². The first-order valence-electron chi connectivity index (χ1n) is 10.7. The molecule has 1 aliphatic rings. The Morgan fingerprint density at radius 1 is 1.03 bits per heavy atom. The molecule has 0 radical (unpaired) electrons. The molecule has 0 aliphatic carbocycles. The Morgan fingerprint density at radius 2 is 1.77 bits per heavy atom. The predicted molar refractivity (Wildman–Crippen MR) is 119 cm³/mol. The van der Waals surface area contributed by atoms with E-state index >= 15 is 0 Å². The zero-order valence-electron chi connectivity index (χ0n) is 18.3. The van der Waals surface area contributed by atoms with E-state index in [1.54, 1.807) is 29.2 Å². The van der Waals surface area contributed by atoms with Crippen LogP contribution < -0.4 is 9.47 Å². The molecule has 1 heterocycles. The van der Waals surface area contributed by atoms with Gasteiger partial charge in [-0.1, -0.05) is 44.0 Å². The van der Waals surface area contributed by atoms with Crippen LogP contribution in [0.1, 0.15) is 50.3 Å². The molecular weight excluding hydrogens is 394 g/mol. The van der Waals surface area contributed by atoms with E-state index in [0.717, 1.165) is 24.8 Å². The number of methoxy groups -OCH3 is 1. The SMILES string of the molecule is CCCCCN1C(=O)C(=O)/C(=C(\O)c2cccc(OC)c2)C1c1ccc(OCC)cc1. The summed E-state index contributed by atoms with van der Waals surface area (Å²) in [5.41, 5.74) is 1.28. The highest BCUT2D eigenvalue weighted by molar-refractivity contribution is 6.46. The molecule has 0 bridgehead atoms. The van der Waals surface area contributed by atoms with E-state index in [0.29, 0.717) is 30.2 Å². The Labute approximate surface area is 183 Å². The van der Waals surface area contributed by atoms with Crippen LogP contribution in [0.5, 0.6) is 11.5 Å². The lowest BCUT2D eigenvalue weighted by atomic mass is 9.95. The summed E-state index contributed by atoms with van der Waals surface area (Å²) in [7, 11) is 1.53. The zero-order valence-corrected chi connectivity index (χ0v) is 18.3. The van der Waals surface area contributed by atoms with Crippen molar-refractivity contribution in [3.8, 4) is 11.5 Å². The van der Waals surface area contributed by atoms with Crippen molar-refractivity contribution in [2.75, 3.05) is 20.3 Å². The van der Waals surface area contributed by atoms with Gasteiger partial charge in [-0.25, -0.2) is 0 Å². The number of aliphatic hydroxyl groups excluding tert-OH is 1. The van der Waals surface area contributed by atoms with Crippen molar-refractivity contribution in [1.82, 2.24) is 4.90 Å². The largest absolute Gasteiger partial charge is 0.507 e. The second-order valence-electron chi connectivity index (χ2n) is 7.43. The highest BCUT2D eigenvalue weighted by Gasteiger charge is 2.45. The summed E-state index contributed by atoms with van der Waals surface area (Å²) in [6.07, 6.45) is 2.74. The Balaban J connectivity index is 2.09. The molecule has 0 spiro atoms. The van der Waals surface area contributed by atoms with Gasteiger partial charge in [-0.15, -0.1) is 0 Å². The first-order valence-corrected chi connectivity index (χ1v) is 10.7. The molecule has 1 amide bonds. The van der Waals surface area contributed by atoms with Crippen molar-refractivity contribution < 1.29 is 24.2 Å². The van der Waals surface area contributed by atoms with E-state index in [4.69, 9.17) is 9.47 Å². The van der Waals surface area contributed by atoms with Crippen LogP contribution in [0.4, 0.5) is 0 Å². The van der Waals surface area contributed by atoms with Gasteiger partial charge in [-0.2, -0.15) is 0 Å². The maximum atomic E-state index is 13.0. The minimum Gasteiger partial charge on any atom is -0.507 e. The lowest BCUT2D eigenvalue weighted by Crippen LogP contribution is -2.30. The monoisotopic (exact) mass is 423 g/mol. The number of likely N-dealkylation sites (tertiary alicyclic amines) is 1. The molecule has 1 N–H and O–H groups in total. The molecule has 2 aromatic rings. The predicted octanol–water partition coefficient (Wildman–Crippen LogP) is 4.71. The minimum absolute atomic E-state index is 0.0962. The third kappa shape index (κ3) is 4.74. The second-order valence-corrected chi connectivity index (χ2v) is 7.43. The molecule has 164 valence electrons. The molecule has 1 aliphatic heterocycles. The maximum absolute atomic E-state index is 13.0. The van der Waals surface area contributed by atoms with Gasteiger partial charge in [0.15, 0.2) is 0 Å². The van der Waals surface area contributed by atoms with E-state index < -0.39 is 17.7 Å². The van der Waals surface area contributed by atoms with Crippen molar-refractivity contribution in [2.45, 2.75) is 39.2 Å². The van der Waals surface area contributed by atoms with Crippen LogP contribution in [0, 0.1) is 0 Å². The average Bonchev–Trinajstić information content (AvgIpc) is 3.04.